The lowest BCUT2D eigenvalue weighted by molar-refractivity contribution is 0.0683. The molecule has 3 rings (SSSR count). The number of aryl methyl sites for hydroxylation is 1. The van der Waals surface area contributed by atoms with Crippen LogP contribution in [0.2, 0.25) is 0 Å². The minimum Gasteiger partial charge on any atom is -0.333 e. The molecule has 1 aliphatic carbocycles. The molecule has 20 heavy (non-hydrogen) atoms. The molecular weight excluding hydrogens is 296 g/mol. The number of hydrogen-bond acceptors (Lipinski definition) is 4. The third-order valence-corrected chi connectivity index (χ3v) is 5.78. The van der Waals surface area contributed by atoms with Crippen LogP contribution in [0.3, 0.4) is 0 Å². The van der Waals surface area contributed by atoms with Crippen LogP contribution in [0, 0.1) is 12.8 Å². The first-order valence-electron chi connectivity index (χ1n) is 6.68. The minimum absolute atomic E-state index is 0.00429. The van der Waals surface area contributed by atoms with Gasteiger partial charge in [0.25, 0.3) is 5.91 Å². The second-order valence-corrected chi connectivity index (χ2v) is 8.84. The Labute approximate surface area is 123 Å². The summed E-state index contributed by atoms with van der Waals surface area (Å²) in [6.07, 6.45) is 2.92. The molecule has 0 aromatic carbocycles. The van der Waals surface area contributed by atoms with Gasteiger partial charge in [0.2, 0.25) is 10.0 Å². The van der Waals surface area contributed by atoms with Gasteiger partial charge in [-0.05, 0) is 37.8 Å². The smallest absolute Gasteiger partial charge is 0.264 e. The van der Waals surface area contributed by atoms with Crippen molar-refractivity contribution in [1.29, 1.82) is 0 Å². The predicted molar refractivity (Wildman–Crippen MR) is 78.4 cm³/mol. The highest BCUT2D eigenvalue weighted by Gasteiger charge is 2.47. The van der Waals surface area contributed by atoms with E-state index in [1.165, 1.54) is 17.6 Å². The van der Waals surface area contributed by atoms with Gasteiger partial charge >= 0.3 is 0 Å². The highest BCUT2D eigenvalue weighted by Crippen LogP contribution is 2.39. The number of piperidine rings is 1. The van der Waals surface area contributed by atoms with Gasteiger partial charge in [-0.2, -0.15) is 0 Å². The van der Waals surface area contributed by atoms with Crippen molar-refractivity contribution < 1.29 is 13.2 Å². The molecule has 2 heterocycles. The number of carbonyl (C=O) groups is 1. The quantitative estimate of drug-likeness (QED) is 0.912. The van der Waals surface area contributed by atoms with Crippen LogP contribution in [-0.4, -0.2) is 44.1 Å². The normalized spacial score (nSPS) is 29.1. The number of sulfonamides is 1. The summed E-state index contributed by atoms with van der Waals surface area (Å²) in [4.78, 5) is 16.2. The van der Waals surface area contributed by atoms with Gasteiger partial charge in [-0.1, -0.05) is 0 Å². The fourth-order valence-electron chi connectivity index (χ4n) is 3.35. The molecule has 0 spiro atoms. The third-order valence-electron chi connectivity index (χ3n) is 4.06. The fraction of sp³-hybridized carbons (Fsp3) is 0.615. The first-order chi connectivity index (χ1) is 9.33. The summed E-state index contributed by atoms with van der Waals surface area (Å²) >= 11 is 1.49. The average molecular weight is 314 g/mol. The average Bonchev–Trinajstić information content (AvgIpc) is 3.00. The molecule has 1 aromatic rings. The van der Waals surface area contributed by atoms with E-state index < -0.39 is 10.0 Å². The van der Waals surface area contributed by atoms with Crippen molar-refractivity contribution in [3.63, 3.8) is 0 Å². The van der Waals surface area contributed by atoms with Gasteiger partial charge in [-0.3, -0.25) is 4.79 Å². The van der Waals surface area contributed by atoms with Crippen LogP contribution >= 0.6 is 11.3 Å². The molecule has 1 amide bonds. The van der Waals surface area contributed by atoms with E-state index in [-0.39, 0.29) is 18.0 Å². The molecule has 5 nitrogen and oxygen atoms in total. The van der Waals surface area contributed by atoms with Crippen molar-refractivity contribution in [1.82, 2.24) is 9.62 Å². The Morgan fingerprint density at radius 1 is 1.40 bits per heavy atom. The van der Waals surface area contributed by atoms with E-state index in [1.807, 2.05) is 24.0 Å². The van der Waals surface area contributed by atoms with E-state index in [0.717, 1.165) is 29.1 Å². The predicted octanol–water partition coefficient (Wildman–Crippen LogP) is 1.21. The molecule has 7 heteroatoms. The standard InChI is InChI=1S/C13H18N2O3S2/c1-8-3-4-12(19-8)13(16)15-7-9-5-10(11(15)6-9)14-20(2,17)18/h3-4,9-11,14H,5-7H2,1-2H3. The Morgan fingerprint density at radius 3 is 2.70 bits per heavy atom. The van der Waals surface area contributed by atoms with E-state index in [0.29, 0.717) is 5.92 Å². The Morgan fingerprint density at radius 2 is 2.15 bits per heavy atom. The van der Waals surface area contributed by atoms with Crippen molar-refractivity contribution in [3.05, 3.63) is 21.9 Å². The van der Waals surface area contributed by atoms with Crippen LogP contribution in [0.25, 0.3) is 0 Å². The fourth-order valence-corrected chi connectivity index (χ4v) is 4.98. The summed E-state index contributed by atoms with van der Waals surface area (Å²) in [5, 5.41) is 0. The molecule has 2 bridgehead atoms. The second kappa shape index (κ2) is 4.82. The molecule has 1 saturated carbocycles. The van der Waals surface area contributed by atoms with Gasteiger partial charge < -0.3 is 4.90 Å². The maximum Gasteiger partial charge on any atom is 0.264 e. The van der Waals surface area contributed by atoms with Crippen LogP contribution in [0.4, 0.5) is 0 Å². The van der Waals surface area contributed by atoms with Gasteiger partial charge in [0, 0.05) is 23.5 Å². The minimum atomic E-state index is -3.23. The largest absolute Gasteiger partial charge is 0.333 e. The van der Waals surface area contributed by atoms with E-state index in [4.69, 9.17) is 0 Å². The Hall–Kier alpha value is -0.920. The van der Waals surface area contributed by atoms with E-state index in [2.05, 4.69) is 4.72 Å². The first kappa shape index (κ1) is 14.0. The van der Waals surface area contributed by atoms with Gasteiger partial charge in [-0.25, -0.2) is 13.1 Å². The Kier molecular flexibility index (Phi) is 3.38. The third kappa shape index (κ3) is 2.62. The topological polar surface area (TPSA) is 66.5 Å². The number of carbonyl (C=O) groups excluding carboxylic acids is 1. The van der Waals surface area contributed by atoms with E-state index in [9.17, 15) is 13.2 Å². The number of likely N-dealkylation sites (tertiary alicyclic amines) is 1. The van der Waals surface area contributed by atoms with Crippen LogP contribution in [0.1, 0.15) is 27.4 Å². The van der Waals surface area contributed by atoms with Crippen molar-refractivity contribution in [2.24, 2.45) is 5.92 Å². The highest BCUT2D eigenvalue weighted by molar-refractivity contribution is 7.88. The number of nitrogens with zero attached hydrogens (tertiary/aromatic N) is 1. The second-order valence-electron chi connectivity index (χ2n) is 5.77. The number of rotatable bonds is 3. The molecule has 3 unspecified atom stereocenters. The molecule has 0 radical (unpaired) electrons. The Bertz CT molecular complexity index is 638. The van der Waals surface area contributed by atoms with Crippen molar-refractivity contribution in [2.45, 2.75) is 31.8 Å². The molecule has 1 aliphatic heterocycles. The summed E-state index contributed by atoms with van der Waals surface area (Å²) in [5.74, 6) is 0.458. The summed E-state index contributed by atoms with van der Waals surface area (Å²) in [7, 11) is -3.23. The molecular formula is C13H18N2O3S2. The highest BCUT2D eigenvalue weighted by atomic mass is 32.2. The van der Waals surface area contributed by atoms with E-state index in [1.54, 1.807) is 0 Å². The number of hydrogen-bond donors (Lipinski definition) is 1. The van der Waals surface area contributed by atoms with Gasteiger partial charge in [-0.15, -0.1) is 11.3 Å². The summed E-state index contributed by atoms with van der Waals surface area (Å²) in [6.45, 7) is 2.73. The first-order valence-corrected chi connectivity index (χ1v) is 9.39. The van der Waals surface area contributed by atoms with Crippen LogP contribution in [0.5, 0.6) is 0 Å². The summed E-state index contributed by atoms with van der Waals surface area (Å²) < 4.78 is 25.5. The molecule has 110 valence electrons. The summed E-state index contributed by atoms with van der Waals surface area (Å²) in [6, 6.07) is 3.67. The molecule has 1 saturated heterocycles. The zero-order chi connectivity index (χ0) is 14.5. The number of amides is 1. The lowest BCUT2D eigenvalue weighted by atomic mass is 10.1. The van der Waals surface area contributed by atoms with Crippen molar-refractivity contribution in [2.75, 3.05) is 12.8 Å². The lowest BCUT2D eigenvalue weighted by Crippen LogP contribution is -2.51. The number of thiophene rings is 1. The molecule has 2 aliphatic rings. The van der Waals surface area contributed by atoms with Gasteiger partial charge in [0.1, 0.15) is 0 Å². The lowest BCUT2D eigenvalue weighted by Gasteiger charge is -2.33. The zero-order valence-corrected chi connectivity index (χ0v) is 13.1. The SMILES string of the molecule is Cc1ccc(C(=O)N2CC3CC(NS(C)(=O)=O)C2C3)s1. The van der Waals surface area contributed by atoms with Crippen molar-refractivity contribution in [3.8, 4) is 0 Å². The number of fused-ring (bicyclic) bond motifs is 2. The molecule has 1 N–H and O–H groups in total. The molecule has 3 atom stereocenters. The van der Waals surface area contributed by atoms with Gasteiger partial charge in [0.15, 0.2) is 0 Å². The van der Waals surface area contributed by atoms with Crippen LogP contribution in [-0.2, 0) is 10.0 Å². The molecule has 2 fully saturated rings. The van der Waals surface area contributed by atoms with Crippen LogP contribution < -0.4 is 4.72 Å². The van der Waals surface area contributed by atoms with Gasteiger partial charge in [0.05, 0.1) is 11.1 Å². The maximum absolute atomic E-state index is 12.5. The number of nitrogens with one attached hydrogen (secondary N) is 1. The summed E-state index contributed by atoms with van der Waals surface area (Å²) in [5.41, 5.74) is 0. The van der Waals surface area contributed by atoms with E-state index >= 15 is 0 Å². The maximum atomic E-state index is 12.5. The van der Waals surface area contributed by atoms with Crippen LogP contribution in [0.15, 0.2) is 12.1 Å². The zero-order valence-electron chi connectivity index (χ0n) is 11.5. The monoisotopic (exact) mass is 314 g/mol. The Balaban J connectivity index is 1.77. The molecule has 1 aromatic heterocycles. The van der Waals surface area contributed by atoms with Crippen molar-refractivity contribution >= 4 is 27.3 Å².